The van der Waals surface area contributed by atoms with Crippen LogP contribution < -0.4 is 19.7 Å². The molecular weight excluding hydrogens is 671 g/mol. The Morgan fingerprint density at radius 1 is 0.942 bits per heavy atom. The number of amides is 3. The Labute approximate surface area is 308 Å². The van der Waals surface area contributed by atoms with E-state index < -0.39 is 19.8 Å². The SMILES string of the molecule is COc1ccc([Si](C)(C)[C@@H]2[C@@H](CC(=O)N3CCC[C@H]3CO)O[C@]3(C(=O)N(Cc4ccc(N5CCCCCCC5=O)cc4)c4ccccc43)[C@H]2C)cc1. The molecule has 9 nitrogen and oxygen atoms in total. The zero-order valence-corrected chi connectivity index (χ0v) is 32.1. The Kier molecular flexibility index (Phi) is 10.3. The van der Waals surface area contributed by atoms with Gasteiger partial charge in [-0.05, 0) is 67.1 Å². The number of nitrogens with zero attached hydrogens (tertiary/aromatic N) is 3. The number of carbonyl (C=O) groups excluding carboxylic acids is 3. The Morgan fingerprint density at radius 3 is 2.40 bits per heavy atom. The number of rotatable bonds is 9. The van der Waals surface area contributed by atoms with Crippen LogP contribution in [0, 0.1) is 5.92 Å². The largest absolute Gasteiger partial charge is 0.497 e. The highest BCUT2D eigenvalue weighted by Crippen LogP contribution is 2.60. The van der Waals surface area contributed by atoms with Gasteiger partial charge in [-0.2, -0.15) is 0 Å². The van der Waals surface area contributed by atoms with Gasteiger partial charge in [-0.3, -0.25) is 14.4 Å². The third-order valence-corrected chi connectivity index (χ3v) is 16.8. The summed E-state index contributed by atoms with van der Waals surface area (Å²) in [6, 6.07) is 24.1. The van der Waals surface area contributed by atoms with Gasteiger partial charge < -0.3 is 29.3 Å². The molecule has 4 aliphatic rings. The van der Waals surface area contributed by atoms with Crippen LogP contribution in [0.3, 0.4) is 0 Å². The molecule has 0 unspecified atom stereocenters. The lowest BCUT2D eigenvalue weighted by atomic mass is 9.82. The molecule has 0 bridgehead atoms. The first-order valence-corrected chi connectivity index (χ1v) is 22.2. The molecule has 1 N–H and O–H groups in total. The van der Waals surface area contributed by atoms with Gasteiger partial charge in [0.25, 0.3) is 5.91 Å². The molecule has 3 fully saturated rings. The Bertz CT molecular complexity index is 1780. The normalized spacial score (nSPS) is 26.5. The maximum atomic E-state index is 15.1. The molecule has 0 saturated carbocycles. The van der Waals surface area contributed by atoms with E-state index in [1.54, 1.807) is 7.11 Å². The predicted octanol–water partition coefficient (Wildman–Crippen LogP) is 6.13. The molecule has 5 atom stereocenters. The standard InChI is InChI=1S/C42H53N3O6Si/c1-29-40(52(3,4)34-22-20-33(50-2)21-23-34)37(26-39(48)44-25-11-12-32(44)28-46)51-42(29)35-13-8-9-14-36(35)45(41(42)49)27-30-16-18-31(19-17-30)43-24-10-6-5-7-15-38(43)47/h8-9,13-14,16-23,29,32,37,40,46H,5-7,10-12,15,24-28H2,1-4H3/t29-,32-,37+,40-,42+/m0/s1. The van der Waals surface area contributed by atoms with Gasteiger partial charge in [0, 0.05) is 36.7 Å². The van der Waals surface area contributed by atoms with Crippen LogP contribution >= 0.6 is 0 Å². The van der Waals surface area contributed by atoms with Gasteiger partial charge in [-0.1, -0.05) is 80.5 Å². The Balaban J connectivity index is 1.22. The highest BCUT2D eigenvalue weighted by molar-refractivity contribution is 6.91. The first-order chi connectivity index (χ1) is 25.1. The van der Waals surface area contributed by atoms with Crippen LogP contribution in [0.1, 0.15) is 69.4 Å². The third kappa shape index (κ3) is 6.36. The van der Waals surface area contributed by atoms with E-state index in [1.807, 2.05) is 75.4 Å². The van der Waals surface area contributed by atoms with Crippen molar-refractivity contribution in [3.8, 4) is 5.75 Å². The Morgan fingerprint density at radius 2 is 1.67 bits per heavy atom. The van der Waals surface area contributed by atoms with Gasteiger partial charge in [0.05, 0.1) is 52.6 Å². The number of carbonyl (C=O) groups is 3. The summed E-state index contributed by atoms with van der Waals surface area (Å²) in [4.78, 5) is 47.6. The molecule has 3 aromatic rings. The van der Waals surface area contributed by atoms with Crippen molar-refractivity contribution in [1.82, 2.24) is 4.90 Å². The van der Waals surface area contributed by atoms with Crippen molar-refractivity contribution in [3.63, 3.8) is 0 Å². The van der Waals surface area contributed by atoms with E-state index in [2.05, 4.69) is 32.2 Å². The first kappa shape index (κ1) is 36.4. The summed E-state index contributed by atoms with van der Waals surface area (Å²) in [6.07, 6.45) is 6.08. The van der Waals surface area contributed by atoms with E-state index in [0.717, 1.165) is 73.3 Å². The van der Waals surface area contributed by atoms with Crippen molar-refractivity contribution < 1.29 is 29.0 Å². The van der Waals surface area contributed by atoms with Crippen LogP contribution in [0.2, 0.25) is 18.6 Å². The van der Waals surface area contributed by atoms with Crippen LogP contribution in [-0.4, -0.2) is 74.8 Å². The summed E-state index contributed by atoms with van der Waals surface area (Å²) < 4.78 is 12.7. The third-order valence-electron chi connectivity index (χ3n) is 12.4. The maximum Gasteiger partial charge on any atom is 0.264 e. The molecule has 0 aliphatic carbocycles. The van der Waals surface area contributed by atoms with Gasteiger partial charge in [-0.15, -0.1) is 0 Å². The van der Waals surface area contributed by atoms with Crippen LogP contribution in [0.5, 0.6) is 5.75 Å². The lowest BCUT2D eigenvalue weighted by molar-refractivity contribution is -0.150. The highest BCUT2D eigenvalue weighted by atomic mass is 28.3. The zero-order chi connectivity index (χ0) is 36.6. The average Bonchev–Trinajstić information content (AvgIpc) is 3.81. The fourth-order valence-electron chi connectivity index (χ4n) is 9.66. The molecule has 7 rings (SSSR count). The average molecular weight is 724 g/mol. The van der Waals surface area contributed by atoms with E-state index in [4.69, 9.17) is 9.47 Å². The number of methoxy groups -OCH3 is 1. The molecule has 4 aliphatic heterocycles. The van der Waals surface area contributed by atoms with E-state index >= 15 is 4.79 Å². The summed E-state index contributed by atoms with van der Waals surface area (Å²) in [5.74, 6) is 0.613. The second kappa shape index (κ2) is 14.8. The minimum atomic E-state index is -2.42. The number of anilines is 2. The van der Waals surface area contributed by atoms with Gasteiger partial charge >= 0.3 is 0 Å². The van der Waals surface area contributed by atoms with Crippen molar-refractivity contribution in [2.75, 3.05) is 36.6 Å². The van der Waals surface area contributed by atoms with Gasteiger partial charge in [0.15, 0.2) is 5.60 Å². The number of likely N-dealkylation sites (tertiary alicyclic amines) is 1. The molecular formula is C42H53N3O6Si. The number of aliphatic hydroxyl groups excluding tert-OH is 1. The number of para-hydroxylation sites is 1. The smallest absolute Gasteiger partial charge is 0.264 e. The summed E-state index contributed by atoms with van der Waals surface area (Å²) in [5, 5.41) is 11.3. The number of benzene rings is 3. The molecule has 3 amide bonds. The summed E-state index contributed by atoms with van der Waals surface area (Å²) in [5.41, 5.74) is 2.24. The summed E-state index contributed by atoms with van der Waals surface area (Å²) in [7, 11) is -0.758. The number of hydrogen-bond donors (Lipinski definition) is 1. The number of aliphatic hydroxyl groups is 1. The molecule has 10 heteroatoms. The van der Waals surface area contributed by atoms with Crippen LogP contribution in [-0.2, 0) is 31.3 Å². The number of hydrogen-bond acceptors (Lipinski definition) is 6. The van der Waals surface area contributed by atoms with Crippen LogP contribution in [0.15, 0.2) is 72.8 Å². The van der Waals surface area contributed by atoms with Crippen molar-refractivity contribution in [1.29, 1.82) is 0 Å². The summed E-state index contributed by atoms with van der Waals surface area (Å²) in [6.45, 7) is 8.46. The minimum absolute atomic E-state index is 0.0236. The van der Waals surface area contributed by atoms with Crippen molar-refractivity contribution in [2.24, 2.45) is 5.92 Å². The molecule has 3 saturated heterocycles. The van der Waals surface area contributed by atoms with Crippen LogP contribution in [0.4, 0.5) is 11.4 Å². The molecule has 3 aromatic carbocycles. The lowest BCUT2D eigenvalue weighted by Crippen LogP contribution is -2.52. The quantitative estimate of drug-likeness (QED) is 0.267. The fourth-order valence-corrected chi connectivity index (χ4v) is 13.7. The minimum Gasteiger partial charge on any atom is -0.497 e. The topological polar surface area (TPSA) is 99.6 Å². The van der Waals surface area contributed by atoms with Gasteiger partial charge in [0.2, 0.25) is 11.8 Å². The second-order valence-corrected chi connectivity index (χ2v) is 20.4. The molecule has 276 valence electrons. The first-order valence-electron chi connectivity index (χ1n) is 19.1. The van der Waals surface area contributed by atoms with Crippen molar-refractivity contribution in [3.05, 3.63) is 83.9 Å². The molecule has 1 spiro atoms. The van der Waals surface area contributed by atoms with E-state index in [0.29, 0.717) is 19.5 Å². The molecule has 0 aromatic heterocycles. The molecule has 52 heavy (non-hydrogen) atoms. The zero-order valence-electron chi connectivity index (χ0n) is 31.1. The second-order valence-electron chi connectivity index (χ2n) is 15.7. The summed E-state index contributed by atoms with van der Waals surface area (Å²) >= 11 is 0. The van der Waals surface area contributed by atoms with Crippen LogP contribution in [0.25, 0.3) is 0 Å². The van der Waals surface area contributed by atoms with E-state index in [-0.39, 0.29) is 48.3 Å². The van der Waals surface area contributed by atoms with Crippen molar-refractivity contribution in [2.45, 2.75) is 101 Å². The highest BCUT2D eigenvalue weighted by Gasteiger charge is 2.66. The van der Waals surface area contributed by atoms with Gasteiger partial charge in [-0.25, -0.2) is 0 Å². The van der Waals surface area contributed by atoms with Gasteiger partial charge in [0.1, 0.15) is 5.75 Å². The van der Waals surface area contributed by atoms with Crippen molar-refractivity contribution >= 4 is 42.4 Å². The maximum absolute atomic E-state index is 15.1. The molecule has 0 radical (unpaired) electrons. The van der Waals surface area contributed by atoms with E-state index in [1.165, 1.54) is 5.19 Å². The monoisotopic (exact) mass is 723 g/mol. The Hall–Kier alpha value is -3.99. The number of ether oxygens (including phenoxy) is 2. The lowest BCUT2D eigenvalue weighted by Gasteiger charge is -2.37. The van der Waals surface area contributed by atoms with E-state index in [9.17, 15) is 14.7 Å². The molecule has 4 heterocycles. The predicted molar refractivity (Wildman–Crippen MR) is 206 cm³/mol. The number of fused-ring (bicyclic) bond motifs is 2. The fraction of sp³-hybridized carbons (Fsp3) is 0.500.